The van der Waals surface area contributed by atoms with Gasteiger partial charge >= 0.3 is 11.9 Å². The van der Waals surface area contributed by atoms with E-state index in [1.807, 2.05) is 0 Å². The van der Waals surface area contributed by atoms with Crippen LogP contribution in [0.2, 0.25) is 0 Å². The highest BCUT2D eigenvalue weighted by atomic mass is 32.2. The maximum Gasteiger partial charge on any atom is 0.414 e. The molecule has 0 fully saturated rings. The van der Waals surface area contributed by atoms with Crippen LogP contribution in [0, 0.1) is 6.92 Å². The number of carboxylic acids is 2. The highest BCUT2D eigenvalue weighted by molar-refractivity contribution is 7.99. The number of hydrogen-bond donors (Lipinski definition) is 3. The Labute approximate surface area is 171 Å². The Balaban J connectivity index is 0.00000105. The van der Waals surface area contributed by atoms with Gasteiger partial charge in [0, 0.05) is 12.3 Å². The van der Waals surface area contributed by atoms with Crippen molar-refractivity contribution in [3.05, 3.63) is 35.4 Å². The number of carboxylic acid groups (broad SMARTS) is 2. The second kappa shape index (κ2) is 15.9. The Bertz CT molecular complexity index is 581. The molecule has 0 bridgehead atoms. The topological polar surface area (TPSA) is 107 Å². The SMILES string of the molecule is CCCCN(C)CCCNC(=O)CSCc1ccc(C)cc1.O=C(O)C(=O)O. The van der Waals surface area contributed by atoms with Gasteiger partial charge in [-0.15, -0.1) is 11.8 Å². The second-order valence-electron chi connectivity index (χ2n) is 6.45. The van der Waals surface area contributed by atoms with Gasteiger partial charge < -0.3 is 20.4 Å². The van der Waals surface area contributed by atoms with E-state index in [1.165, 1.54) is 24.0 Å². The minimum absolute atomic E-state index is 0.147. The monoisotopic (exact) mass is 412 g/mol. The average Bonchev–Trinajstić information content (AvgIpc) is 2.65. The molecule has 0 heterocycles. The zero-order chi connectivity index (χ0) is 21.4. The number of carbonyl (C=O) groups excluding carboxylic acids is 1. The second-order valence-corrected chi connectivity index (χ2v) is 7.43. The number of unbranched alkanes of at least 4 members (excludes halogenated alkanes) is 1. The van der Waals surface area contributed by atoms with Crippen molar-refractivity contribution in [3.63, 3.8) is 0 Å². The molecule has 0 aliphatic carbocycles. The van der Waals surface area contributed by atoms with Crippen molar-refractivity contribution in [3.8, 4) is 0 Å². The Kier molecular flexibility index (Phi) is 14.8. The van der Waals surface area contributed by atoms with Crippen LogP contribution >= 0.6 is 11.8 Å². The Morgan fingerprint density at radius 2 is 1.61 bits per heavy atom. The zero-order valence-electron chi connectivity index (χ0n) is 16.9. The third kappa shape index (κ3) is 15.0. The van der Waals surface area contributed by atoms with E-state index in [-0.39, 0.29) is 5.91 Å². The molecular formula is C20H32N2O5S. The summed E-state index contributed by atoms with van der Waals surface area (Å²) in [7, 11) is 2.15. The lowest BCUT2D eigenvalue weighted by Crippen LogP contribution is -2.29. The van der Waals surface area contributed by atoms with E-state index in [0.29, 0.717) is 5.75 Å². The lowest BCUT2D eigenvalue weighted by atomic mass is 10.2. The Morgan fingerprint density at radius 1 is 1.04 bits per heavy atom. The first-order chi connectivity index (χ1) is 13.3. The number of nitrogens with one attached hydrogen (secondary N) is 1. The number of amides is 1. The summed E-state index contributed by atoms with van der Waals surface area (Å²) in [6.45, 7) is 7.28. The van der Waals surface area contributed by atoms with Gasteiger partial charge in [-0.1, -0.05) is 43.2 Å². The van der Waals surface area contributed by atoms with E-state index in [1.54, 1.807) is 11.8 Å². The lowest BCUT2D eigenvalue weighted by molar-refractivity contribution is -0.159. The van der Waals surface area contributed by atoms with E-state index < -0.39 is 11.9 Å². The molecule has 8 heteroatoms. The number of nitrogens with zero attached hydrogens (tertiary/aromatic N) is 1. The number of thioether (sulfide) groups is 1. The van der Waals surface area contributed by atoms with Gasteiger partial charge in [-0.2, -0.15) is 0 Å². The van der Waals surface area contributed by atoms with Crippen molar-refractivity contribution in [1.29, 1.82) is 0 Å². The van der Waals surface area contributed by atoms with Gasteiger partial charge in [0.25, 0.3) is 0 Å². The highest BCUT2D eigenvalue weighted by Gasteiger charge is 2.04. The lowest BCUT2D eigenvalue weighted by Gasteiger charge is -2.15. The number of hydrogen-bond acceptors (Lipinski definition) is 5. The third-order valence-electron chi connectivity index (χ3n) is 3.74. The largest absolute Gasteiger partial charge is 0.473 e. The molecule has 0 atom stereocenters. The molecule has 1 aromatic carbocycles. The van der Waals surface area contributed by atoms with Gasteiger partial charge in [0.05, 0.1) is 5.75 Å². The van der Waals surface area contributed by atoms with Crippen LogP contribution < -0.4 is 5.32 Å². The fourth-order valence-electron chi connectivity index (χ4n) is 2.11. The van der Waals surface area contributed by atoms with Gasteiger partial charge in [-0.3, -0.25) is 4.79 Å². The molecule has 0 aliphatic rings. The van der Waals surface area contributed by atoms with Crippen molar-refractivity contribution in [1.82, 2.24) is 10.2 Å². The molecule has 1 amide bonds. The minimum Gasteiger partial charge on any atom is -0.473 e. The molecule has 7 nitrogen and oxygen atoms in total. The van der Waals surface area contributed by atoms with E-state index >= 15 is 0 Å². The summed E-state index contributed by atoms with van der Waals surface area (Å²) in [4.78, 5) is 32.3. The zero-order valence-corrected chi connectivity index (χ0v) is 17.8. The maximum atomic E-state index is 11.8. The molecule has 0 saturated heterocycles. The van der Waals surface area contributed by atoms with Gasteiger partial charge in [0.1, 0.15) is 0 Å². The Morgan fingerprint density at radius 3 is 2.14 bits per heavy atom. The van der Waals surface area contributed by atoms with Crippen LogP contribution in [0.4, 0.5) is 0 Å². The number of aliphatic carboxylic acids is 2. The summed E-state index contributed by atoms with van der Waals surface area (Å²) in [6.07, 6.45) is 3.51. The summed E-state index contributed by atoms with van der Waals surface area (Å²) < 4.78 is 0. The van der Waals surface area contributed by atoms with Crippen LogP contribution in [-0.4, -0.2) is 65.4 Å². The molecule has 1 aromatic rings. The van der Waals surface area contributed by atoms with Crippen LogP contribution in [0.25, 0.3) is 0 Å². The van der Waals surface area contributed by atoms with Crippen LogP contribution in [0.3, 0.4) is 0 Å². The van der Waals surface area contributed by atoms with Crippen LogP contribution in [0.15, 0.2) is 24.3 Å². The minimum atomic E-state index is -1.82. The van der Waals surface area contributed by atoms with Crippen molar-refractivity contribution < 1.29 is 24.6 Å². The summed E-state index contributed by atoms with van der Waals surface area (Å²) in [6, 6.07) is 8.49. The number of aryl methyl sites for hydroxylation is 1. The van der Waals surface area contributed by atoms with Gasteiger partial charge in [0.15, 0.2) is 0 Å². The molecule has 3 N–H and O–H groups in total. The molecule has 158 valence electrons. The van der Waals surface area contributed by atoms with Crippen LogP contribution in [0.1, 0.15) is 37.3 Å². The summed E-state index contributed by atoms with van der Waals surface area (Å²) >= 11 is 1.67. The van der Waals surface area contributed by atoms with E-state index in [9.17, 15) is 4.79 Å². The summed E-state index contributed by atoms with van der Waals surface area (Å²) in [5.41, 5.74) is 2.55. The van der Waals surface area contributed by atoms with Gasteiger partial charge in [-0.05, 0) is 45.5 Å². The quantitative estimate of drug-likeness (QED) is 0.379. The fourth-order valence-corrected chi connectivity index (χ4v) is 2.93. The number of carbonyl (C=O) groups is 3. The van der Waals surface area contributed by atoms with Crippen molar-refractivity contribution in [2.45, 2.75) is 38.9 Å². The van der Waals surface area contributed by atoms with E-state index in [2.05, 4.69) is 55.4 Å². The van der Waals surface area contributed by atoms with Crippen molar-refractivity contribution in [2.24, 2.45) is 0 Å². The molecule has 0 aliphatic heterocycles. The predicted octanol–water partition coefficient (Wildman–Crippen LogP) is 2.62. The predicted molar refractivity (Wildman–Crippen MR) is 113 cm³/mol. The molecule has 0 unspecified atom stereocenters. The Hall–Kier alpha value is -2.06. The molecule has 0 aromatic heterocycles. The highest BCUT2D eigenvalue weighted by Crippen LogP contribution is 2.12. The first-order valence-electron chi connectivity index (χ1n) is 9.31. The van der Waals surface area contributed by atoms with Crippen molar-refractivity contribution in [2.75, 3.05) is 32.4 Å². The summed E-state index contributed by atoms with van der Waals surface area (Å²) in [5.74, 6) is -2.06. The first-order valence-corrected chi connectivity index (χ1v) is 10.5. The molecular weight excluding hydrogens is 380 g/mol. The summed E-state index contributed by atoms with van der Waals surface area (Å²) in [5, 5.41) is 17.8. The average molecular weight is 413 g/mol. The molecule has 1 rings (SSSR count). The number of benzene rings is 1. The smallest absolute Gasteiger partial charge is 0.414 e. The maximum absolute atomic E-state index is 11.8. The van der Waals surface area contributed by atoms with Crippen LogP contribution in [0.5, 0.6) is 0 Å². The van der Waals surface area contributed by atoms with E-state index in [0.717, 1.165) is 31.8 Å². The standard InChI is InChI=1S/C18H30N2OS.C2H2O4/c1-4-5-12-20(3)13-6-11-19-18(21)15-22-14-17-9-7-16(2)8-10-17;3-1(4)2(5)6/h7-10H,4-6,11-15H2,1-3H3,(H,19,21);(H,3,4)(H,5,6). The third-order valence-corrected chi connectivity index (χ3v) is 4.74. The van der Waals surface area contributed by atoms with Gasteiger partial charge in [-0.25, -0.2) is 9.59 Å². The molecule has 0 spiro atoms. The molecule has 28 heavy (non-hydrogen) atoms. The number of rotatable bonds is 11. The van der Waals surface area contributed by atoms with Crippen LogP contribution in [-0.2, 0) is 20.1 Å². The fraction of sp³-hybridized carbons (Fsp3) is 0.550. The normalized spacial score (nSPS) is 10.1. The van der Waals surface area contributed by atoms with Gasteiger partial charge in [0.2, 0.25) is 5.91 Å². The first kappa shape index (κ1) is 25.9. The van der Waals surface area contributed by atoms with E-state index in [4.69, 9.17) is 19.8 Å². The molecule has 0 saturated carbocycles. The molecule has 0 radical (unpaired) electrons. The van der Waals surface area contributed by atoms with Crippen molar-refractivity contribution >= 4 is 29.6 Å².